The van der Waals surface area contributed by atoms with Crippen LogP contribution in [0.1, 0.15) is 16.1 Å². The smallest absolute Gasteiger partial charge is 0.321 e. The highest BCUT2D eigenvalue weighted by Crippen LogP contribution is 2.36. The van der Waals surface area contributed by atoms with E-state index in [0.29, 0.717) is 26.9 Å². The lowest BCUT2D eigenvalue weighted by atomic mass is 10.0. The van der Waals surface area contributed by atoms with Gasteiger partial charge in [-0.3, -0.25) is 9.48 Å². The van der Waals surface area contributed by atoms with Gasteiger partial charge in [0.15, 0.2) is 5.69 Å². The Morgan fingerprint density at radius 1 is 1.11 bits per heavy atom. The van der Waals surface area contributed by atoms with Crippen molar-refractivity contribution in [2.75, 3.05) is 5.32 Å². The molecule has 0 aliphatic heterocycles. The number of aromatic nitrogens is 2. The molecule has 2 aromatic carbocycles. The van der Waals surface area contributed by atoms with Crippen LogP contribution in [0.3, 0.4) is 0 Å². The number of halogens is 5. The number of amides is 1. The van der Waals surface area contributed by atoms with Crippen LogP contribution in [0.2, 0.25) is 10.0 Å². The van der Waals surface area contributed by atoms with Gasteiger partial charge in [-0.25, -0.2) is 0 Å². The molecule has 27 heavy (non-hydrogen) atoms. The van der Waals surface area contributed by atoms with E-state index >= 15 is 0 Å². The number of anilines is 1. The Kier molecular flexibility index (Phi) is 5.17. The van der Waals surface area contributed by atoms with E-state index < -0.39 is 23.3 Å². The predicted molar refractivity (Wildman–Crippen MR) is 98.1 cm³/mol. The van der Waals surface area contributed by atoms with E-state index in [4.69, 9.17) is 23.2 Å². The van der Waals surface area contributed by atoms with Crippen molar-refractivity contribution in [3.8, 4) is 11.1 Å². The molecule has 0 bridgehead atoms. The Morgan fingerprint density at radius 3 is 2.48 bits per heavy atom. The second-order valence-electron chi connectivity index (χ2n) is 5.69. The van der Waals surface area contributed by atoms with Gasteiger partial charge in [-0.2, -0.15) is 18.3 Å². The number of nitrogens with zero attached hydrogens (tertiary/aromatic N) is 2. The summed E-state index contributed by atoms with van der Waals surface area (Å²) in [5.74, 6) is -0.923. The molecular formula is C18H12Cl2F3N3O. The van der Waals surface area contributed by atoms with E-state index in [1.54, 1.807) is 42.5 Å². The van der Waals surface area contributed by atoms with Gasteiger partial charge in [0.2, 0.25) is 0 Å². The molecule has 0 atom stereocenters. The average Bonchev–Trinajstić information content (AvgIpc) is 2.98. The van der Waals surface area contributed by atoms with E-state index in [9.17, 15) is 18.0 Å². The first-order chi connectivity index (χ1) is 12.7. The van der Waals surface area contributed by atoms with E-state index in [1.807, 2.05) is 0 Å². The van der Waals surface area contributed by atoms with Crippen molar-refractivity contribution in [1.82, 2.24) is 9.78 Å². The summed E-state index contributed by atoms with van der Waals surface area (Å²) >= 11 is 12.1. The molecule has 140 valence electrons. The SMILES string of the molecule is Cn1cc(C(=O)Nc2ccccc2-c2ccc(Cl)cc2Cl)c(C(F)(F)F)n1. The number of hydrogen-bond donors (Lipinski definition) is 1. The molecule has 9 heteroatoms. The van der Waals surface area contributed by atoms with Gasteiger partial charge in [0.25, 0.3) is 5.91 Å². The number of aryl methyl sites for hydroxylation is 1. The lowest BCUT2D eigenvalue weighted by Gasteiger charge is -2.13. The van der Waals surface area contributed by atoms with Crippen molar-refractivity contribution in [1.29, 1.82) is 0 Å². The zero-order chi connectivity index (χ0) is 19.8. The monoisotopic (exact) mass is 413 g/mol. The Balaban J connectivity index is 2.00. The topological polar surface area (TPSA) is 46.9 Å². The minimum absolute atomic E-state index is 0.309. The summed E-state index contributed by atoms with van der Waals surface area (Å²) in [5.41, 5.74) is -0.376. The molecule has 1 aromatic heterocycles. The fourth-order valence-corrected chi connectivity index (χ4v) is 3.10. The van der Waals surface area contributed by atoms with Crippen LogP contribution in [0.4, 0.5) is 18.9 Å². The predicted octanol–water partition coefficient (Wildman–Crippen LogP) is 5.67. The summed E-state index contributed by atoms with van der Waals surface area (Å²) in [7, 11) is 1.31. The maximum absolute atomic E-state index is 13.1. The molecule has 0 spiro atoms. The lowest BCUT2D eigenvalue weighted by molar-refractivity contribution is -0.141. The number of nitrogens with one attached hydrogen (secondary N) is 1. The van der Waals surface area contributed by atoms with Crippen LogP contribution in [0.5, 0.6) is 0 Å². The largest absolute Gasteiger partial charge is 0.435 e. The third kappa shape index (κ3) is 4.09. The maximum atomic E-state index is 13.1. The Morgan fingerprint density at radius 2 is 1.81 bits per heavy atom. The minimum Gasteiger partial charge on any atom is -0.321 e. The number of carbonyl (C=O) groups is 1. The molecular weight excluding hydrogens is 402 g/mol. The van der Waals surface area contributed by atoms with Gasteiger partial charge in [-0.1, -0.05) is 47.5 Å². The molecule has 1 amide bonds. The summed E-state index contributed by atoms with van der Waals surface area (Å²) < 4.78 is 40.3. The minimum atomic E-state index is -4.74. The van der Waals surface area contributed by atoms with Crippen molar-refractivity contribution in [3.05, 3.63) is 70.0 Å². The maximum Gasteiger partial charge on any atom is 0.435 e. The molecule has 0 unspecified atom stereocenters. The average molecular weight is 414 g/mol. The van der Waals surface area contributed by atoms with Gasteiger partial charge >= 0.3 is 6.18 Å². The Bertz CT molecular complexity index is 1020. The van der Waals surface area contributed by atoms with Crippen molar-refractivity contribution < 1.29 is 18.0 Å². The molecule has 1 heterocycles. The summed E-state index contributed by atoms with van der Waals surface area (Å²) in [4.78, 5) is 12.5. The van der Waals surface area contributed by atoms with Gasteiger partial charge in [0.1, 0.15) is 0 Å². The van der Waals surface area contributed by atoms with Gasteiger partial charge < -0.3 is 5.32 Å². The van der Waals surface area contributed by atoms with E-state index in [0.717, 1.165) is 10.9 Å². The quantitative estimate of drug-likeness (QED) is 0.601. The fourth-order valence-electron chi connectivity index (χ4n) is 2.59. The normalized spacial score (nSPS) is 11.5. The van der Waals surface area contributed by atoms with E-state index in [-0.39, 0.29) is 0 Å². The summed E-state index contributed by atoms with van der Waals surface area (Å²) in [6.07, 6.45) is -3.72. The van der Waals surface area contributed by atoms with Gasteiger partial charge in [-0.05, 0) is 18.2 Å². The van der Waals surface area contributed by atoms with Crippen LogP contribution < -0.4 is 5.32 Å². The molecule has 3 rings (SSSR count). The third-order valence-electron chi connectivity index (χ3n) is 3.74. The van der Waals surface area contributed by atoms with Crippen LogP contribution >= 0.6 is 23.2 Å². The Labute approximate surface area is 162 Å². The zero-order valence-electron chi connectivity index (χ0n) is 13.8. The van der Waals surface area contributed by atoms with Crippen molar-refractivity contribution in [3.63, 3.8) is 0 Å². The van der Waals surface area contributed by atoms with Crippen LogP contribution in [-0.4, -0.2) is 15.7 Å². The van der Waals surface area contributed by atoms with Crippen molar-refractivity contribution in [2.24, 2.45) is 7.05 Å². The first-order valence-corrected chi connectivity index (χ1v) is 8.39. The summed E-state index contributed by atoms with van der Waals surface area (Å²) in [5, 5.41) is 6.64. The van der Waals surface area contributed by atoms with Gasteiger partial charge in [-0.15, -0.1) is 0 Å². The summed E-state index contributed by atoms with van der Waals surface area (Å²) in [6, 6.07) is 11.5. The first kappa shape index (κ1) is 19.3. The standard InChI is InChI=1S/C18H12Cl2F3N3O/c1-26-9-13(16(25-26)18(21,22)23)17(27)24-15-5-3-2-4-12(15)11-7-6-10(19)8-14(11)20/h2-9H,1H3,(H,24,27). The number of benzene rings is 2. The third-order valence-corrected chi connectivity index (χ3v) is 4.29. The molecule has 0 aliphatic carbocycles. The van der Waals surface area contributed by atoms with Gasteiger partial charge in [0, 0.05) is 40.1 Å². The van der Waals surface area contributed by atoms with Crippen LogP contribution in [0.15, 0.2) is 48.7 Å². The van der Waals surface area contributed by atoms with E-state index in [2.05, 4.69) is 10.4 Å². The van der Waals surface area contributed by atoms with Crippen LogP contribution in [-0.2, 0) is 13.2 Å². The highest BCUT2D eigenvalue weighted by molar-refractivity contribution is 6.36. The fraction of sp³-hybridized carbons (Fsp3) is 0.111. The van der Waals surface area contributed by atoms with Crippen molar-refractivity contribution in [2.45, 2.75) is 6.18 Å². The van der Waals surface area contributed by atoms with Crippen molar-refractivity contribution >= 4 is 34.8 Å². The lowest BCUT2D eigenvalue weighted by Crippen LogP contribution is -2.18. The number of para-hydroxylation sites is 1. The molecule has 0 fully saturated rings. The highest BCUT2D eigenvalue weighted by Gasteiger charge is 2.39. The Hall–Kier alpha value is -2.51. The molecule has 0 saturated heterocycles. The molecule has 0 saturated carbocycles. The van der Waals surface area contributed by atoms with Crippen LogP contribution in [0.25, 0.3) is 11.1 Å². The van der Waals surface area contributed by atoms with Crippen LogP contribution in [0, 0.1) is 0 Å². The number of carbonyl (C=O) groups excluding carboxylic acids is 1. The van der Waals surface area contributed by atoms with E-state index in [1.165, 1.54) is 7.05 Å². The number of hydrogen-bond acceptors (Lipinski definition) is 2. The number of alkyl halides is 3. The molecule has 3 aromatic rings. The molecule has 0 radical (unpaired) electrons. The number of rotatable bonds is 3. The summed E-state index contributed by atoms with van der Waals surface area (Å²) in [6.45, 7) is 0. The second kappa shape index (κ2) is 7.25. The second-order valence-corrected chi connectivity index (χ2v) is 6.53. The molecule has 0 aliphatic rings. The first-order valence-electron chi connectivity index (χ1n) is 7.63. The molecule has 4 nitrogen and oxygen atoms in total. The highest BCUT2D eigenvalue weighted by atomic mass is 35.5. The zero-order valence-corrected chi connectivity index (χ0v) is 15.3. The van der Waals surface area contributed by atoms with Gasteiger partial charge in [0.05, 0.1) is 5.56 Å². The molecule has 1 N–H and O–H groups in total.